The van der Waals surface area contributed by atoms with Gasteiger partial charge in [-0.25, -0.2) is 0 Å². The number of anilines is 1. The third-order valence-electron chi connectivity index (χ3n) is 4.04. The number of amides is 1. The molecule has 0 saturated carbocycles. The van der Waals surface area contributed by atoms with E-state index < -0.39 is 11.9 Å². The van der Waals surface area contributed by atoms with Gasteiger partial charge < -0.3 is 19.9 Å². The Morgan fingerprint density at radius 1 is 1.08 bits per heavy atom. The van der Waals surface area contributed by atoms with Crippen LogP contribution < -0.4 is 14.8 Å². The van der Waals surface area contributed by atoms with E-state index in [0.717, 1.165) is 5.56 Å². The van der Waals surface area contributed by atoms with Crippen molar-refractivity contribution in [3.63, 3.8) is 0 Å². The molecule has 2 N–H and O–H groups in total. The molecule has 1 heterocycles. The molecule has 1 amide bonds. The van der Waals surface area contributed by atoms with Crippen molar-refractivity contribution in [1.82, 2.24) is 0 Å². The molecule has 0 aromatic heterocycles. The molecule has 1 unspecified atom stereocenters. The average Bonchev–Trinajstić information content (AvgIpc) is 2.61. The Hall–Kier alpha value is -3.02. The third kappa shape index (κ3) is 4.09. The molecule has 0 saturated heterocycles. The lowest BCUT2D eigenvalue weighted by atomic mass is 10.0. The first kappa shape index (κ1) is 16.8. The molecule has 0 radical (unpaired) electrons. The molecule has 0 spiro atoms. The number of rotatable bonds is 5. The van der Waals surface area contributed by atoms with E-state index in [1.54, 1.807) is 37.3 Å². The van der Waals surface area contributed by atoms with Crippen LogP contribution in [-0.4, -0.2) is 30.2 Å². The summed E-state index contributed by atoms with van der Waals surface area (Å²) in [5, 5.41) is 11.8. The van der Waals surface area contributed by atoms with Gasteiger partial charge in [-0.15, -0.1) is 0 Å². The monoisotopic (exact) mass is 341 g/mol. The Kier molecular flexibility index (Phi) is 4.88. The minimum absolute atomic E-state index is 0.157. The van der Waals surface area contributed by atoms with Crippen LogP contribution >= 0.6 is 0 Å². The summed E-state index contributed by atoms with van der Waals surface area (Å²) in [7, 11) is 0. The average molecular weight is 341 g/mol. The normalized spacial score (nSPS) is 13.8. The number of aliphatic carboxylic acids is 1. The van der Waals surface area contributed by atoms with Crippen molar-refractivity contribution >= 4 is 17.6 Å². The molecule has 1 atom stereocenters. The lowest BCUT2D eigenvalue weighted by Gasteiger charge is -2.18. The maximum atomic E-state index is 12.2. The lowest BCUT2D eigenvalue weighted by Crippen LogP contribution is -2.17. The predicted molar refractivity (Wildman–Crippen MR) is 92.3 cm³/mol. The van der Waals surface area contributed by atoms with Crippen molar-refractivity contribution in [3.8, 4) is 11.5 Å². The number of hydrogen-bond acceptors (Lipinski definition) is 4. The zero-order valence-electron chi connectivity index (χ0n) is 13.8. The molecule has 0 aliphatic carbocycles. The van der Waals surface area contributed by atoms with Crippen molar-refractivity contribution in [2.24, 2.45) is 0 Å². The van der Waals surface area contributed by atoms with Crippen LogP contribution in [0.25, 0.3) is 0 Å². The Labute approximate surface area is 145 Å². The first-order valence-corrected chi connectivity index (χ1v) is 8.04. The zero-order valence-corrected chi connectivity index (χ0v) is 13.8. The van der Waals surface area contributed by atoms with Crippen LogP contribution in [0, 0.1) is 0 Å². The van der Waals surface area contributed by atoms with Crippen molar-refractivity contribution in [2.45, 2.75) is 19.3 Å². The number of nitrogens with one attached hydrogen (secondary N) is 1. The van der Waals surface area contributed by atoms with Gasteiger partial charge in [-0.1, -0.05) is 18.2 Å². The van der Waals surface area contributed by atoms with Gasteiger partial charge >= 0.3 is 5.97 Å². The van der Waals surface area contributed by atoms with Gasteiger partial charge in [0.15, 0.2) is 11.5 Å². The number of fused-ring (bicyclic) bond motifs is 1. The van der Waals surface area contributed by atoms with Crippen LogP contribution in [0.4, 0.5) is 5.69 Å². The molecule has 1 aliphatic rings. The lowest BCUT2D eigenvalue weighted by molar-refractivity contribution is -0.138. The SMILES string of the molecule is CC(C(=O)O)c1ccc(NC(=O)Cc2ccc3c(c2)OCCO3)cc1. The van der Waals surface area contributed by atoms with Gasteiger partial charge in [0.1, 0.15) is 13.2 Å². The molecule has 25 heavy (non-hydrogen) atoms. The highest BCUT2D eigenvalue weighted by Crippen LogP contribution is 2.31. The first-order chi connectivity index (χ1) is 12.0. The Morgan fingerprint density at radius 2 is 1.76 bits per heavy atom. The first-order valence-electron chi connectivity index (χ1n) is 8.04. The zero-order chi connectivity index (χ0) is 17.8. The smallest absolute Gasteiger partial charge is 0.310 e. The van der Waals surface area contributed by atoms with E-state index in [2.05, 4.69) is 5.32 Å². The van der Waals surface area contributed by atoms with E-state index >= 15 is 0 Å². The highest BCUT2D eigenvalue weighted by molar-refractivity contribution is 5.92. The summed E-state index contributed by atoms with van der Waals surface area (Å²) in [5.41, 5.74) is 2.15. The topological polar surface area (TPSA) is 84.9 Å². The van der Waals surface area contributed by atoms with Gasteiger partial charge in [0.2, 0.25) is 5.91 Å². The summed E-state index contributed by atoms with van der Waals surface area (Å²) in [6, 6.07) is 12.3. The molecule has 2 aromatic carbocycles. The maximum absolute atomic E-state index is 12.2. The number of hydrogen-bond donors (Lipinski definition) is 2. The number of carbonyl (C=O) groups excluding carboxylic acids is 1. The highest BCUT2D eigenvalue weighted by atomic mass is 16.6. The Bertz CT molecular complexity index is 785. The molecule has 130 valence electrons. The molecular weight excluding hydrogens is 322 g/mol. The second-order valence-electron chi connectivity index (χ2n) is 5.88. The highest BCUT2D eigenvalue weighted by Gasteiger charge is 2.15. The molecule has 2 aromatic rings. The molecule has 3 rings (SSSR count). The van der Waals surface area contributed by atoms with Crippen molar-refractivity contribution in [3.05, 3.63) is 53.6 Å². The van der Waals surface area contributed by atoms with Gasteiger partial charge in [0.25, 0.3) is 0 Å². The second-order valence-corrected chi connectivity index (χ2v) is 5.88. The largest absolute Gasteiger partial charge is 0.486 e. The number of carbonyl (C=O) groups is 2. The van der Waals surface area contributed by atoms with E-state index in [1.807, 2.05) is 12.1 Å². The summed E-state index contributed by atoms with van der Waals surface area (Å²) in [4.78, 5) is 23.2. The minimum Gasteiger partial charge on any atom is -0.486 e. The van der Waals surface area contributed by atoms with Crippen LogP contribution in [0.3, 0.4) is 0 Å². The molecule has 6 heteroatoms. The minimum atomic E-state index is -0.879. The van der Waals surface area contributed by atoms with Crippen LogP contribution in [0.15, 0.2) is 42.5 Å². The number of ether oxygens (including phenoxy) is 2. The van der Waals surface area contributed by atoms with Crippen LogP contribution in [0.2, 0.25) is 0 Å². The van der Waals surface area contributed by atoms with Gasteiger partial charge in [-0.3, -0.25) is 9.59 Å². The quantitative estimate of drug-likeness (QED) is 0.873. The molecule has 0 bridgehead atoms. The fourth-order valence-corrected chi connectivity index (χ4v) is 2.59. The summed E-state index contributed by atoms with van der Waals surface area (Å²) >= 11 is 0. The fourth-order valence-electron chi connectivity index (χ4n) is 2.59. The predicted octanol–water partition coefficient (Wildman–Crippen LogP) is 2.83. The fraction of sp³-hybridized carbons (Fsp3) is 0.263. The summed E-state index contributed by atoms with van der Waals surface area (Å²) in [6.07, 6.45) is 0.212. The molecular formula is C19H19NO5. The van der Waals surface area contributed by atoms with Gasteiger partial charge in [0.05, 0.1) is 12.3 Å². The summed E-state index contributed by atoms with van der Waals surface area (Å²) < 4.78 is 11.0. The number of carboxylic acids is 1. The van der Waals surface area contributed by atoms with Crippen molar-refractivity contribution < 1.29 is 24.2 Å². The number of carboxylic acid groups (broad SMARTS) is 1. The Morgan fingerprint density at radius 3 is 2.44 bits per heavy atom. The van der Waals surface area contributed by atoms with E-state index in [9.17, 15) is 9.59 Å². The van der Waals surface area contributed by atoms with Gasteiger partial charge in [0, 0.05) is 5.69 Å². The van der Waals surface area contributed by atoms with Crippen LogP contribution in [0.5, 0.6) is 11.5 Å². The molecule has 0 fully saturated rings. The second kappa shape index (κ2) is 7.25. The van der Waals surface area contributed by atoms with E-state index in [1.165, 1.54) is 0 Å². The molecule has 6 nitrogen and oxygen atoms in total. The standard InChI is InChI=1S/C19H19NO5/c1-12(19(22)23)14-3-5-15(6-4-14)20-18(21)11-13-2-7-16-17(10-13)25-9-8-24-16/h2-7,10,12H,8-9,11H2,1H3,(H,20,21)(H,22,23). The van der Waals surface area contributed by atoms with Gasteiger partial charge in [-0.2, -0.15) is 0 Å². The summed E-state index contributed by atoms with van der Waals surface area (Å²) in [6.45, 7) is 2.66. The van der Waals surface area contributed by atoms with Crippen molar-refractivity contribution in [1.29, 1.82) is 0 Å². The molecule has 1 aliphatic heterocycles. The van der Waals surface area contributed by atoms with E-state index in [-0.39, 0.29) is 12.3 Å². The van der Waals surface area contributed by atoms with Gasteiger partial charge in [-0.05, 0) is 42.3 Å². The third-order valence-corrected chi connectivity index (χ3v) is 4.04. The van der Waals surface area contributed by atoms with Crippen LogP contribution in [0.1, 0.15) is 24.0 Å². The van der Waals surface area contributed by atoms with Crippen LogP contribution in [-0.2, 0) is 16.0 Å². The number of benzene rings is 2. The van der Waals surface area contributed by atoms with E-state index in [4.69, 9.17) is 14.6 Å². The maximum Gasteiger partial charge on any atom is 0.310 e. The summed E-state index contributed by atoms with van der Waals surface area (Å²) in [5.74, 6) is -0.268. The van der Waals surface area contributed by atoms with Crippen molar-refractivity contribution in [2.75, 3.05) is 18.5 Å². The van der Waals surface area contributed by atoms with E-state index in [0.29, 0.717) is 36.0 Å². The Balaban J connectivity index is 1.62.